The second kappa shape index (κ2) is 10.8. The van der Waals surface area contributed by atoms with Gasteiger partial charge in [0, 0.05) is 42.0 Å². The Morgan fingerprint density at radius 2 is 1.76 bits per heavy atom. The molecular weight excluding hydrogens is 527 g/mol. The van der Waals surface area contributed by atoms with Gasteiger partial charge in [-0.1, -0.05) is 11.6 Å². The van der Waals surface area contributed by atoms with Crippen LogP contribution >= 0.6 is 11.6 Å². The maximum atomic E-state index is 13.6. The highest BCUT2D eigenvalue weighted by molar-refractivity contribution is 6.48. The van der Waals surface area contributed by atoms with Crippen molar-refractivity contribution in [1.29, 1.82) is 0 Å². The summed E-state index contributed by atoms with van der Waals surface area (Å²) in [5, 5.41) is 4.84. The van der Waals surface area contributed by atoms with Crippen molar-refractivity contribution in [2.24, 2.45) is 5.92 Å². The molecule has 2 aliphatic rings. The number of hydrogen-bond donors (Lipinski definition) is 2. The number of amides is 2. The number of hydrogen-bond acceptors (Lipinski definition) is 5. The van der Waals surface area contributed by atoms with E-state index in [-0.39, 0.29) is 33.9 Å². The third-order valence-electron chi connectivity index (χ3n) is 7.30. The number of methoxy groups -OCH3 is 1. The summed E-state index contributed by atoms with van der Waals surface area (Å²) in [4.78, 5) is 50.9. The fraction of sp³-hybridized carbons (Fsp3) is 0.462. The standard InChI is InChI=1S/C26H27ClF3N3O5/c1-26(7-5-13(6-8-26)10-18(34)38-2)32-25(37)23(35)22-20(27)19(17-4-3-9-33(17)22)24(36)31-14-11-15(28)21(30)16(29)12-14/h11-13H,3-10H2,1-2H3,(H,31,36)(H,32,37). The number of fused-ring (bicyclic) bond motifs is 1. The maximum absolute atomic E-state index is 13.6. The molecule has 1 fully saturated rings. The molecule has 2 heterocycles. The normalized spacial score (nSPS) is 20.5. The number of aromatic nitrogens is 1. The predicted molar refractivity (Wildman–Crippen MR) is 132 cm³/mol. The number of carbonyl (C=O) groups is 4. The second-order valence-electron chi connectivity index (χ2n) is 10.0. The average molecular weight is 554 g/mol. The van der Waals surface area contributed by atoms with Crippen molar-refractivity contribution in [3.05, 3.63) is 51.6 Å². The molecule has 2 amide bonds. The van der Waals surface area contributed by atoms with E-state index in [1.165, 1.54) is 11.7 Å². The molecule has 1 aliphatic carbocycles. The van der Waals surface area contributed by atoms with Gasteiger partial charge in [0.05, 0.1) is 17.7 Å². The number of ether oxygens (including phenoxy) is 1. The van der Waals surface area contributed by atoms with Gasteiger partial charge in [-0.05, 0) is 51.4 Å². The molecule has 2 N–H and O–H groups in total. The Morgan fingerprint density at radius 3 is 2.37 bits per heavy atom. The van der Waals surface area contributed by atoms with E-state index >= 15 is 0 Å². The van der Waals surface area contributed by atoms with E-state index < -0.39 is 40.6 Å². The van der Waals surface area contributed by atoms with Gasteiger partial charge in [-0.15, -0.1) is 0 Å². The highest BCUT2D eigenvalue weighted by Gasteiger charge is 2.38. The van der Waals surface area contributed by atoms with Gasteiger partial charge < -0.3 is 19.9 Å². The Balaban J connectivity index is 1.51. The first-order valence-corrected chi connectivity index (χ1v) is 12.6. The van der Waals surface area contributed by atoms with Gasteiger partial charge in [-0.25, -0.2) is 13.2 Å². The number of nitrogens with zero attached hydrogens (tertiary/aromatic N) is 1. The molecule has 1 aromatic carbocycles. The number of anilines is 1. The molecule has 4 rings (SSSR count). The average Bonchev–Trinajstić information content (AvgIpc) is 3.42. The Bertz CT molecular complexity index is 1290. The van der Waals surface area contributed by atoms with Gasteiger partial charge in [-0.3, -0.25) is 19.2 Å². The topological polar surface area (TPSA) is 106 Å². The highest BCUT2D eigenvalue weighted by Crippen LogP contribution is 2.36. The summed E-state index contributed by atoms with van der Waals surface area (Å²) in [5.74, 6) is -7.41. The van der Waals surface area contributed by atoms with Gasteiger partial charge in [-0.2, -0.15) is 0 Å². The molecule has 0 bridgehead atoms. The number of halogens is 4. The van der Waals surface area contributed by atoms with Crippen LogP contribution in [0.2, 0.25) is 5.02 Å². The molecule has 1 aliphatic heterocycles. The molecule has 38 heavy (non-hydrogen) atoms. The van der Waals surface area contributed by atoms with Crippen molar-refractivity contribution in [3.8, 4) is 0 Å². The molecule has 1 aromatic heterocycles. The zero-order chi connectivity index (χ0) is 27.8. The Kier molecular flexibility index (Phi) is 7.87. The maximum Gasteiger partial charge on any atom is 0.305 e. The lowest BCUT2D eigenvalue weighted by Crippen LogP contribution is -2.50. The van der Waals surface area contributed by atoms with Crippen LogP contribution in [0.5, 0.6) is 0 Å². The van der Waals surface area contributed by atoms with Crippen molar-refractivity contribution in [2.45, 2.75) is 64.0 Å². The second-order valence-corrected chi connectivity index (χ2v) is 10.4. The number of carbonyl (C=O) groups excluding carboxylic acids is 4. The van der Waals surface area contributed by atoms with Crippen LogP contribution in [0.3, 0.4) is 0 Å². The fourth-order valence-corrected chi connectivity index (χ4v) is 5.60. The number of ketones is 1. The monoisotopic (exact) mass is 553 g/mol. The minimum Gasteiger partial charge on any atom is -0.469 e. The molecule has 0 unspecified atom stereocenters. The number of esters is 1. The number of benzene rings is 1. The summed E-state index contributed by atoms with van der Waals surface area (Å²) >= 11 is 6.46. The summed E-state index contributed by atoms with van der Waals surface area (Å²) < 4.78 is 46.7. The van der Waals surface area contributed by atoms with Crippen LogP contribution < -0.4 is 10.6 Å². The SMILES string of the molecule is COC(=O)CC1CCC(C)(NC(=O)C(=O)c2c(Cl)c(C(=O)Nc3cc(F)c(F)c(F)c3)c3n2CCC3)CC1. The molecule has 0 spiro atoms. The summed E-state index contributed by atoms with van der Waals surface area (Å²) in [7, 11) is 1.34. The van der Waals surface area contributed by atoms with Crippen LogP contribution in [0.25, 0.3) is 0 Å². The molecule has 8 nitrogen and oxygen atoms in total. The molecule has 1 saturated carbocycles. The fourth-order valence-electron chi connectivity index (χ4n) is 5.22. The van der Waals surface area contributed by atoms with Crippen molar-refractivity contribution >= 4 is 40.9 Å². The lowest BCUT2D eigenvalue weighted by Gasteiger charge is -2.37. The molecule has 2 aromatic rings. The van der Waals surface area contributed by atoms with E-state index in [9.17, 15) is 32.3 Å². The molecular formula is C26H27ClF3N3O5. The van der Waals surface area contributed by atoms with Crippen LogP contribution in [0.1, 0.15) is 72.0 Å². The lowest BCUT2D eigenvalue weighted by atomic mass is 9.76. The van der Waals surface area contributed by atoms with E-state index in [1.54, 1.807) is 0 Å². The smallest absolute Gasteiger partial charge is 0.305 e. The van der Waals surface area contributed by atoms with Crippen LogP contribution in [-0.4, -0.2) is 40.8 Å². The van der Waals surface area contributed by atoms with Gasteiger partial charge in [0.1, 0.15) is 5.69 Å². The zero-order valence-electron chi connectivity index (χ0n) is 20.9. The van der Waals surface area contributed by atoms with Crippen LogP contribution in [0.4, 0.5) is 18.9 Å². The Morgan fingerprint density at radius 1 is 1.13 bits per heavy atom. The van der Waals surface area contributed by atoms with Gasteiger partial charge in [0.25, 0.3) is 17.6 Å². The molecule has 0 saturated heterocycles. The Labute approximate surface area is 221 Å². The zero-order valence-corrected chi connectivity index (χ0v) is 21.6. The van der Waals surface area contributed by atoms with Gasteiger partial charge >= 0.3 is 5.97 Å². The first-order valence-electron chi connectivity index (χ1n) is 12.2. The largest absolute Gasteiger partial charge is 0.469 e. The highest BCUT2D eigenvalue weighted by atomic mass is 35.5. The third-order valence-corrected chi connectivity index (χ3v) is 7.67. The Hall–Kier alpha value is -3.34. The summed E-state index contributed by atoms with van der Waals surface area (Å²) in [5.41, 5.74) is -0.798. The van der Waals surface area contributed by atoms with Crippen LogP contribution in [0.15, 0.2) is 12.1 Å². The summed E-state index contributed by atoms with van der Waals surface area (Å²) in [6, 6.07) is 1.25. The van der Waals surface area contributed by atoms with Crippen molar-refractivity contribution < 1.29 is 37.1 Å². The molecule has 0 radical (unpaired) electrons. The van der Waals surface area contributed by atoms with Gasteiger partial charge in [0.2, 0.25) is 0 Å². The number of nitrogens with one attached hydrogen (secondary N) is 2. The van der Waals surface area contributed by atoms with E-state index in [0.717, 1.165) is 0 Å². The molecule has 0 atom stereocenters. The minimum atomic E-state index is -1.67. The van der Waals surface area contributed by atoms with Crippen molar-refractivity contribution in [1.82, 2.24) is 9.88 Å². The predicted octanol–water partition coefficient (Wildman–Crippen LogP) is 4.57. The summed E-state index contributed by atoms with van der Waals surface area (Å²) in [6.07, 6.45) is 3.76. The van der Waals surface area contributed by atoms with Crippen LogP contribution in [-0.2, 0) is 27.3 Å². The van der Waals surface area contributed by atoms with Gasteiger partial charge in [0.15, 0.2) is 17.5 Å². The molecule has 12 heteroatoms. The van der Waals surface area contributed by atoms with Crippen molar-refractivity contribution in [3.63, 3.8) is 0 Å². The first kappa shape index (κ1) is 27.7. The quantitative estimate of drug-likeness (QED) is 0.226. The summed E-state index contributed by atoms with van der Waals surface area (Å²) in [6.45, 7) is 2.18. The van der Waals surface area contributed by atoms with Crippen LogP contribution in [0, 0.1) is 23.4 Å². The van der Waals surface area contributed by atoms with E-state index in [1.807, 2.05) is 6.92 Å². The third kappa shape index (κ3) is 5.43. The van der Waals surface area contributed by atoms with E-state index in [0.29, 0.717) is 69.3 Å². The first-order chi connectivity index (χ1) is 17.9. The van der Waals surface area contributed by atoms with E-state index in [4.69, 9.17) is 16.3 Å². The number of Topliss-reactive ketones (excluding diaryl/α,β-unsaturated/α-hetero) is 1. The van der Waals surface area contributed by atoms with E-state index in [2.05, 4.69) is 10.6 Å². The molecule has 204 valence electrons. The minimum absolute atomic E-state index is 0.0833. The van der Waals surface area contributed by atoms with Crippen molar-refractivity contribution in [2.75, 3.05) is 12.4 Å². The lowest BCUT2D eigenvalue weighted by molar-refractivity contribution is -0.142. The number of rotatable bonds is 7.